The molecular formula is C21H19F2N3O4S. The Labute approximate surface area is 177 Å². The van der Waals surface area contributed by atoms with Crippen molar-refractivity contribution >= 4 is 21.6 Å². The first-order chi connectivity index (χ1) is 14.8. The number of aryl methyl sites for hydroxylation is 2. The number of pyridine rings is 1. The number of benzene rings is 2. The zero-order chi connectivity index (χ0) is 22.4. The first kappa shape index (κ1) is 22.3. The summed E-state index contributed by atoms with van der Waals surface area (Å²) in [5, 5.41) is 8.57. The van der Waals surface area contributed by atoms with Gasteiger partial charge in [0.05, 0.1) is 11.4 Å². The van der Waals surface area contributed by atoms with E-state index in [1.165, 1.54) is 23.7 Å². The average Bonchev–Trinajstić information content (AvgIpc) is 2.74. The largest absolute Gasteiger partial charge is 0.288 e. The summed E-state index contributed by atoms with van der Waals surface area (Å²) in [6.07, 6.45) is 4.35. The van der Waals surface area contributed by atoms with Crippen LogP contribution in [0.25, 0.3) is 0 Å². The van der Waals surface area contributed by atoms with Gasteiger partial charge in [0.1, 0.15) is 11.6 Å². The smallest absolute Gasteiger partial charge is 0.274 e. The van der Waals surface area contributed by atoms with E-state index in [0.717, 1.165) is 23.8 Å². The normalized spacial score (nSPS) is 11.2. The zero-order valence-electron chi connectivity index (χ0n) is 16.2. The van der Waals surface area contributed by atoms with Gasteiger partial charge in [-0.3, -0.25) is 19.7 Å². The maximum absolute atomic E-state index is 14.4. The van der Waals surface area contributed by atoms with Gasteiger partial charge in [-0.1, -0.05) is 18.2 Å². The molecule has 0 radical (unpaired) electrons. The number of hydrogen-bond donors (Lipinski definition) is 3. The van der Waals surface area contributed by atoms with Gasteiger partial charge in [-0.2, -0.15) is 0 Å². The van der Waals surface area contributed by atoms with Crippen molar-refractivity contribution in [3.63, 3.8) is 0 Å². The molecule has 0 unspecified atom stereocenters. The van der Waals surface area contributed by atoms with Crippen LogP contribution in [0, 0.1) is 11.6 Å². The number of amides is 1. The lowest BCUT2D eigenvalue weighted by molar-refractivity contribution is 0.0706. The molecule has 1 aromatic heterocycles. The van der Waals surface area contributed by atoms with E-state index in [1.54, 1.807) is 18.5 Å². The zero-order valence-corrected chi connectivity index (χ0v) is 17.0. The highest BCUT2D eigenvalue weighted by molar-refractivity contribution is 7.91. The Morgan fingerprint density at radius 3 is 2.39 bits per heavy atom. The van der Waals surface area contributed by atoms with E-state index in [0.29, 0.717) is 18.4 Å². The highest BCUT2D eigenvalue weighted by atomic mass is 32.2. The number of rotatable bonds is 8. The summed E-state index contributed by atoms with van der Waals surface area (Å²) < 4.78 is 55.5. The monoisotopic (exact) mass is 447 g/mol. The van der Waals surface area contributed by atoms with Gasteiger partial charge in [-0.25, -0.2) is 22.7 Å². The Morgan fingerprint density at radius 2 is 1.74 bits per heavy atom. The van der Waals surface area contributed by atoms with Crippen LogP contribution in [0.5, 0.6) is 0 Å². The molecule has 1 heterocycles. The number of carbonyl (C=O) groups excluding carboxylic acids is 1. The molecule has 0 atom stereocenters. The van der Waals surface area contributed by atoms with Crippen LogP contribution in [0.3, 0.4) is 0 Å². The summed E-state index contributed by atoms with van der Waals surface area (Å²) in [7, 11) is -4.05. The van der Waals surface area contributed by atoms with E-state index in [9.17, 15) is 22.0 Å². The van der Waals surface area contributed by atoms with Gasteiger partial charge in [-0.15, -0.1) is 0 Å². The average molecular weight is 447 g/mol. The third kappa shape index (κ3) is 6.06. The van der Waals surface area contributed by atoms with Crippen molar-refractivity contribution in [3.05, 3.63) is 94.8 Å². The van der Waals surface area contributed by atoms with Crippen molar-refractivity contribution in [1.29, 1.82) is 0 Å². The number of halogens is 2. The van der Waals surface area contributed by atoms with E-state index >= 15 is 0 Å². The van der Waals surface area contributed by atoms with Gasteiger partial charge in [0.25, 0.3) is 5.91 Å². The third-order valence-corrected chi connectivity index (χ3v) is 5.73. The van der Waals surface area contributed by atoms with Crippen molar-refractivity contribution < 1.29 is 27.2 Å². The summed E-state index contributed by atoms with van der Waals surface area (Å²) in [5.41, 5.74) is 2.40. The van der Waals surface area contributed by atoms with Crippen molar-refractivity contribution in [1.82, 2.24) is 10.5 Å². The SMILES string of the molecule is O=C(NO)c1ccc(CS(=O)(=O)Nc2ccc(CCc3cccnc3)c(F)c2)c(F)c1. The number of sulfonamides is 1. The molecule has 0 saturated carbocycles. The molecule has 3 aromatic rings. The van der Waals surface area contributed by atoms with Gasteiger partial charge in [-0.05, 0) is 54.3 Å². The Bertz CT molecular complexity index is 1190. The highest BCUT2D eigenvalue weighted by Crippen LogP contribution is 2.20. The molecule has 0 aliphatic carbocycles. The van der Waals surface area contributed by atoms with Crippen LogP contribution < -0.4 is 10.2 Å². The summed E-state index contributed by atoms with van der Waals surface area (Å²) in [6, 6.07) is 10.8. The molecule has 0 bridgehead atoms. The van der Waals surface area contributed by atoms with Crippen LogP contribution in [-0.4, -0.2) is 24.5 Å². The molecule has 0 spiro atoms. The van der Waals surface area contributed by atoms with Gasteiger partial charge in [0.2, 0.25) is 10.0 Å². The summed E-state index contributed by atoms with van der Waals surface area (Å²) >= 11 is 0. The first-order valence-corrected chi connectivity index (χ1v) is 10.8. The number of nitrogens with one attached hydrogen (secondary N) is 2. The number of hydroxylamine groups is 1. The lowest BCUT2D eigenvalue weighted by Gasteiger charge is -2.11. The minimum absolute atomic E-state index is 0.0133. The second-order valence-electron chi connectivity index (χ2n) is 6.78. The molecule has 0 saturated heterocycles. The van der Waals surface area contributed by atoms with Gasteiger partial charge in [0, 0.05) is 23.5 Å². The molecule has 7 nitrogen and oxygen atoms in total. The van der Waals surface area contributed by atoms with Gasteiger partial charge < -0.3 is 0 Å². The standard InChI is InChI=1S/C21H19F2N3O4S/c22-19-10-16(21(27)25-28)5-6-17(19)13-31(29,30)26-18-8-7-15(20(23)11-18)4-3-14-2-1-9-24-12-14/h1-2,5-12,26,28H,3-4,13H2,(H,25,27). The van der Waals surface area contributed by atoms with Gasteiger partial charge in [0.15, 0.2) is 0 Å². The number of carbonyl (C=O) groups is 1. The lowest BCUT2D eigenvalue weighted by atomic mass is 10.1. The molecule has 0 aliphatic rings. The molecule has 0 fully saturated rings. The van der Waals surface area contributed by atoms with Crippen LogP contribution in [0.2, 0.25) is 0 Å². The van der Waals surface area contributed by atoms with Crippen LogP contribution in [0.1, 0.15) is 27.0 Å². The summed E-state index contributed by atoms with van der Waals surface area (Å²) in [5.74, 6) is -3.13. The second kappa shape index (κ2) is 9.63. The maximum atomic E-state index is 14.4. The van der Waals surface area contributed by atoms with Crippen LogP contribution in [0.4, 0.5) is 14.5 Å². The molecule has 3 N–H and O–H groups in total. The minimum atomic E-state index is -4.05. The van der Waals surface area contributed by atoms with Crippen molar-refractivity contribution in [2.24, 2.45) is 0 Å². The molecule has 3 rings (SSSR count). The Balaban J connectivity index is 1.67. The Morgan fingerprint density at radius 1 is 1.00 bits per heavy atom. The van der Waals surface area contributed by atoms with Crippen LogP contribution >= 0.6 is 0 Å². The van der Waals surface area contributed by atoms with E-state index < -0.39 is 33.3 Å². The van der Waals surface area contributed by atoms with Crippen molar-refractivity contribution in [2.45, 2.75) is 18.6 Å². The minimum Gasteiger partial charge on any atom is -0.288 e. The van der Waals surface area contributed by atoms with Crippen LogP contribution in [-0.2, 0) is 28.6 Å². The molecule has 162 valence electrons. The fraction of sp³-hybridized carbons (Fsp3) is 0.143. The van der Waals surface area contributed by atoms with Gasteiger partial charge >= 0.3 is 0 Å². The predicted octanol–water partition coefficient (Wildman–Crippen LogP) is 3.21. The molecular weight excluding hydrogens is 428 g/mol. The van der Waals surface area contributed by atoms with E-state index in [1.807, 2.05) is 6.07 Å². The molecule has 10 heteroatoms. The predicted molar refractivity (Wildman–Crippen MR) is 110 cm³/mol. The first-order valence-electron chi connectivity index (χ1n) is 9.18. The number of nitrogens with zero attached hydrogens (tertiary/aromatic N) is 1. The number of anilines is 1. The summed E-state index contributed by atoms with van der Waals surface area (Å²) in [4.78, 5) is 15.3. The van der Waals surface area contributed by atoms with Crippen LogP contribution in [0.15, 0.2) is 60.9 Å². The van der Waals surface area contributed by atoms with E-state index in [4.69, 9.17) is 5.21 Å². The van der Waals surface area contributed by atoms with E-state index in [-0.39, 0.29) is 16.8 Å². The fourth-order valence-electron chi connectivity index (χ4n) is 2.93. The Hall–Kier alpha value is -3.37. The third-order valence-electron chi connectivity index (χ3n) is 4.49. The van der Waals surface area contributed by atoms with E-state index in [2.05, 4.69) is 9.71 Å². The highest BCUT2D eigenvalue weighted by Gasteiger charge is 2.17. The summed E-state index contributed by atoms with van der Waals surface area (Å²) in [6.45, 7) is 0. The Kier molecular flexibility index (Phi) is 6.93. The lowest BCUT2D eigenvalue weighted by Crippen LogP contribution is -2.19. The van der Waals surface area contributed by atoms with Crippen molar-refractivity contribution in [2.75, 3.05) is 4.72 Å². The molecule has 31 heavy (non-hydrogen) atoms. The topological polar surface area (TPSA) is 108 Å². The quantitative estimate of drug-likeness (QED) is 0.363. The molecule has 2 aromatic carbocycles. The maximum Gasteiger partial charge on any atom is 0.274 e. The number of hydrogen-bond acceptors (Lipinski definition) is 5. The van der Waals surface area contributed by atoms with Crippen molar-refractivity contribution in [3.8, 4) is 0 Å². The number of aromatic nitrogens is 1. The molecule has 0 aliphatic heterocycles. The molecule has 1 amide bonds. The fourth-order valence-corrected chi connectivity index (χ4v) is 4.13. The second-order valence-corrected chi connectivity index (χ2v) is 8.50.